The summed E-state index contributed by atoms with van der Waals surface area (Å²) in [4.78, 5) is 2.46. The van der Waals surface area contributed by atoms with E-state index in [1.165, 1.54) is 32.4 Å². The molecule has 14 heavy (non-hydrogen) atoms. The summed E-state index contributed by atoms with van der Waals surface area (Å²) >= 11 is 0. The van der Waals surface area contributed by atoms with Crippen LogP contribution in [0.1, 0.15) is 47.0 Å². The molecule has 1 nitrogen and oxygen atoms in total. The van der Waals surface area contributed by atoms with Crippen molar-refractivity contribution in [3.8, 4) is 0 Å². The highest BCUT2D eigenvalue weighted by Gasteiger charge is 2.31. The average Bonchev–Trinajstić information content (AvgIpc) is 2.18. The number of hydrogen-bond acceptors (Lipinski definition) is 1. The molecule has 1 heterocycles. The van der Waals surface area contributed by atoms with Gasteiger partial charge in [-0.05, 0) is 50.2 Å². The molecule has 0 aromatic heterocycles. The van der Waals surface area contributed by atoms with Gasteiger partial charge in [-0.15, -0.1) is 0 Å². The number of likely N-dealkylation sites (tertiary alicyclic amines) is 1. The molecule has 1 fully saturated rings. The number of rotatable bonds is 3. The first-order valence-corrected chi connectivity index (χ1v) is 6.16. The third kappa shape index (κ3) is 2.73. The molecule has 1 rings (SSSR count). The third-order valence-corrected chi connectivity index (χ3v) is 4.61. The number of piperidine rings is 1. The minimum Gasteiger partial charge on any atom is -0.306 e. The van der Waals surface area contributed by atoms with E-state index < -0.39 is 0 Å². The van der Waals surface area contributed by atoms with Gasteiger partial charge in [0.2, 0.25) is 0 Å². The zero-order chi connectivity index (χ0) is 10.8. The molecule has 0 spiro atoms. The third-order valence-electron chi connectivity index (χ3n) is 4.61. The maximum atomic E-state index is 2.46. The average molecular weight is 197 g/mol. The summed E-state index contributed by atoms with van der Waals surface area (Å²) in [5.74, 6) is 1.84. The Bertz CT molecular complexity index is 166. The minimum atomic E-state index is 0.528. The van der Waals surface area contributed by atoms with Crippen LogP contribution in [0.5, 0.6) is 0 Å². The zero-order valence-electron chi connectivity index (χ0n) is 10.6. The fourth-order valence-electron chi connectivity index (χ4n) is 2.49. The van der Waals surface area contributed by atoms with E-state index in [-0.39, 0.29) is 0 Å². The van der Waals surface area contributed by atoms with Crippen LogP contribution in [-0.2, 0) is 0 Å². The Morgan fingerprint density at radius 1 is 1.29 bits per heavy atom. The molecule has 1 atom stereocenters. The van der Waals surface area contributed by atoms with Gasteiger partial charge in [0.15, 0.2) is 0 Å². The van der Waals surface area contributed by atoms with Crippen molar-refractivity contribution in [1.29, 1.82) is 0 Å². The highest BCUT2D eigenvalue weighted by atomic mass is 15.1. The zero-order valence-corrected chi connectivity index (χ0v) is 10.6. The molecule has 1 aliphatic heterocycles. The molecule has 0 aromatic carbocycles. The smallest absolute Gasteiger partial charge is 0.00190 e. The van der Waals surface area contributed by atoms with Gasteiger partial charge in [-0.2, -0.15) is 0 Å². The van der Waals surface area contributed by atoms with Crippen LogP contribution in [0, 0.1) is 17.3 Å². The van der Waals surface area contributed by atoms with Crippen molar-refractivity contribution in [2.45, 2.75) is 47.0 Å². The summed E-state index contributed by atoms with van der Waals surface area (Å²) in [6, 6.07) is 0. The van der Waals surface area contributed by atoms with Crippen LogP contribution in [0.25, 0.3) is 0 Å². The van der Waals surface area contributed by atoms with Gasteiger partial charge >= 0.3 is 0 Å². The highest BCUT2D eigenvalue weighted by Crippen LogP contribution is 2.39. The quantitative estimate of drug-likeness (QED) is 0.670. The van der Waals surface area contributed by atoms with E-state index >= 15 is 0 Å². The van der Waals surface area contributed by atoms with Crippen molar-refractivity contribution < 1.29 is 0 Å². The van der Waals surface area contributed by atoms with Gasteiger partial charge in [0.1, 0.15) is 0 Å². The maximum Gasteiger partial charge on any atom is -0.00190 e. The first-order chi connectivity index (χ1) is 6.47. The predicted octanol–water partition coefficient (Wildman–Crippen LogP) is 3.40. The molecule has 1 aliphatic rings. The van der Waals surface area contributed by atoms with E-state index in [4.69, 9.17) is 0 Å². The Morgan fingerprint density at radius 3 is 2.21 bits per heavy atom. The van der Waals surface area contributed by atoms with Crippen LogP contribution in [-0.4, -0.2) is 25.0 Å². The SMILES string of the molecule is CCC(C)(C)C(C)C1CCN(C)CC1. The van der Waals surface area contributed by atoms with Crippen LogP contribution in [0.15, 0.2) is 0 Å². The topological polar surface area (TPSA) is 3.24 Å². The second-order valence-electron chi connectivity index (χ2n) is 5.77. The first-order valence-electron chi connectivity index (χ1n) is 6.16. The highest BCUT2D eigenvalue weighted by molar-refractivity contribution is 4.82. The summed E-state index contributed by atoms with van der Waals surface area (Å²) in [5.41, 5.74) is 0.528. The summed E-state index contributed by atoms with van der Waals surface area (Å²) in [6.45, 7) is 12.2. The molecular formula is C13H27N. The normalized spacial score (nSPS) is 23.8. The summed E-state index contributed by atoms with van der Waals surface area (Å²) in [5, 5.41) is 0. The fourth-order valence-corrected chi connectivity index (χ4v) is 2.49. The van der Waals surface area contributed by atoms with Crippen LogP contribution < -0.4 is 0 Å². The Balaban J connectivity index is 2.49. The maximum absolute atomic E-state index is 2.46. The van der Waals surface area contributed by atoms with Gasteiger partial charge in [0, 0.05) is 0 Å². The van der Waals surface area contributed by atoms with E-state index in [0.29, 0.717) is 5.41 Å². The Morgan fingerprint density at radius 2 is 1.79 bits per heavy atom. The Kier molecular flexibility index (Phi) is 4.00. The fraction of sp³-hybridized carbons (Fsp3) is 1.00. The lowest BCUT2D eigenvalue weighted by atomic mass is 9.69. The summed E-state index contributed by atoms with van der Waals surface area (Å²) in [7, 11) is 2.24. The van der Waals surface area contributed by atoms with Crippen molar-refractivity contribution in [1.82, 2.24) is 4.90 Å². The van der Waals surface area contributed by atoms with Gasteiger partial charge in [0.05, 0.1) is 0 Å². The molecule has 0 aromatic rings. The van der Waals surface area contributed by atoms with Gasteiger partial charge in [-0.3, -0.25) is 0 Å². The minimum absolute atomic E-state index is 0.528. The van der Waals surface area contributed by atoms with E-state index in [1.807, 2.05) is 0 Å². The van der Waals surface area contributed by atoms with E-state index in [0.717, 1.165) is 11.8 Å². The monoisotopic (exact) mass is 197 g/mol. The molecule has 0 saturated carbocycles. The molecule has 0 N–H and O–H groups in total. The van der Waals surface area contributed by atoms with Gasteiger partial charge in [-0.1, -0.05) is 34.1 Å². The van der Waals surface area contributed by atoms with Crippen molar-refractivity contribution >= 4 is 0 Å². The van der Waals surface area contributed by atoms with Gasteiger partial charge < -0.3 is 4.90 Å². The van der Waals surface area contributed by atoms with Crippen molar-refractivity contribution in [2.24, 2.45) is 17.3 Å². The lowest BCUT2D eigenvalue weighted by Gasteiger charge is -2.40. The lowest BCUT2D eigenvalue weighted by Crippen LogP contribution is -2.37. The summed E-state index contributed by atoms with van der Waals surface area (Å²) < 4.78 is 0. The molecule has 0 amide bonds. The standard InChI is InChI=1S/C13H27N/c1-6-13(3,4)11(2)12-7-9-14(5)10-8-12/h11-12H,6-10H2,1-5H3. The second kappa shape index (κ2) is 4.65. The van der Waals surface area contributed by atoms with Crippen molar-refractivity contribution in [3.05, 3.63) is 0 Å². The molecule has 1 saturated heterocycles. The van der Waals surface area contributed by atoms with Crippen LogP contribution in [0.2, 0.25) is 0 Å². The molecule has 1 unspecified atom stereocenters. The van der Waals surface area contributed by atoms with Crippen LogP contribution in [0.4, 0.5) is 0 Å². The lowest BCUT2D eigenvalue weighted by molar-refractivity contribution is 0.0945. The largest absolute Gasteiger partial charge is 0.306 e. The van der Waals surface area contributed by atoms with E-state index in [2.05, 4.69) is 39.6 Å². The second-order valence-corrected chi connectivity index (χ2v) is 5.77. The van der Waals surface area contributed by atoms with E-state index in [1.54, 1.807) is 0 Å². The number of hydrogen-bond donors (Lipinski definition) is 0. The predicted molar refractivity (Wildman–Crippen MR) is 63.5 cm³/mol. The van der Waals surface area contributed by atoms with Crippen molar-refractivity contribution in [2.75, 3.05) is 20.1 Å². The Hall–Kier alpha value is -0.0400. The van der Waals surface area contributed by atoms with Gasteiger partial charge in [-0.25, -0.2) is 0 Å². The first kappa shape index (κ1) is 12.0. The molecule has 84 valence electrons. The molecule has 0 aliphatic carbocycles. The summed E-state index contributed by atoms with van der Waals surface area (Å²) in [6.07, 6.45) is 4.11. The van der Waals surface area contributed by atoms with Crippen molar-refractivity contribution in [3.63, 3.8) is 0 Å². The van der Waals surface area contributed by atoms with Crippen LogP contribution in [0.3, 0.4) is 0 Å². The number of nitrogens with zero attached hydrogens (tertiary/aromatic N) is 1. The van der Waals surface area contributed by atoms with Gasteiger partial charge in [0.25, 0.3) is 0 Å². The molecule has 1 heteroatoms. The molecule has 0 radical (unpaired) electrons. The molecular weight excluding hydrogens is 170 g/mol. The molecule has 0 bridgehead atoms. The van der Waals surface area contributed by atoms with E-state index in [9.17, 15) is 0 Å². The Labute approximate surface area is 89.9 Å². The van der Waals surface area contributed by atoms with Crippen LogP contribution >= 0.6 is 0 Å².